The molecule has 0 unspecified atom stereocenters. The highest BCUT2D eigenvalue weighted by Crippen LogP contribution is 2.26. The van der Waals surface area contributed by atoms with Crippen LogP contribution in [0.15, 0.2) is 60.7 Å². The summed E-state index contributed by atoms with van der Waals surface area (Å²) in [5.74, 6) is -0.447. The molecular formula is C17H14N2O2. The number of carbonyl (C=O) groups is 1. The van der Waals surface area contributed by atoms with E-state index in [0.29, 0.717) is 11.4 Å². The first-order chi connectivity index (χ1) is 10.1. The number of fused-ring (bicyclic) bond motifs is 1. The van der Waals surface area contributed by atoms with Gasteiger partial charge in [-0.05, 0) is 35.0 Å². The number of anilines is 2. The number of phenolic OH excluding ortho intramolecular Hbond substituents is 1. The Hall–Kier alpha value is -3.01. The molecule has 3 rings (SSSR count). The van der Waals surface area contributed by atoms with Gasteiger partial charge in [-0.15, -0.1) is 0 Å². The van der Waals surface area contributed by atoms with E-state index in [2.05, 4.69) is 5.32 Å². The second-order valence-electron chi connectivity index (χ2n) is 4.76. The smallest absolute Gasteiger partial charge is 0.259 e. The van der Waals surface area contributed by atoms with Crippen LogP contribution in [-0.2, 0) is 0 Å². The highest BCUT2D eigenvalue weighted by Gasteiger charge is 2.13. The summed E-state index contributed by atoms with van der Waals surface area (Å²) in [6.45, 7) is 0. The number of nitrogens with one attached hydrogen (secondary N) is 1. The zero-order chi connectivity index (χ0) is 14.8. The number of nitrogen functional groups attached to an aromatic ring is 1. The quantitative estimate of drug-likeness (QED) is 0.629. The van der Waals surface area contributed by atoms with Crippen LogP contribution >= 0.6 is 0 Å². The van der Waals surface area contributed by atoms with Crippen LogP contribution in [0.25, 0.3) is 10.8 Å². The molecule has 0 bridgehead atoms. The van der Waals surface area contributed by atoms with E-state index < -0.39 is 5.91 Å². The maximum absolute atomic E-state index is 12.3. The van der Waals surface area contributed by atoms with Gasteiger partial charge in [-0.1, -0.05) is 36.4 Å². The standard InChI is InChI=1S/C17H14N2O2/c18-14-7-3-4-8-15(14)19-17(21)13-9-11-5-1-2-6-12(11)10-16(13)20/h1-10,20H,18H2,(H,19,21). The molecule has 0 aliphatic heterocycles. The molecule has 0 saturated carbocycles. The Labute approximate surface area is 121 Å². The van der Waals surface area contributed by atoms with Crippen molar-refractivity contribution in [2.24, 2.45) is 0 Å². The van der Waals surface area contributed by atoms with Crippen molar-refractivity contribution < 1.29 is 9.90 Å². The molecule has 3 aromatic carbocycles. The summed E-state index contributed by atoms with van der Waals surface area (Å²) in [4.78, 5) is 12.3. The number of nitrogens with two attached hydrogens (primary N) is 1. The summed E-state index contributed by atoms with van der Waals surface area (Å²) in [6, 6.07) is 17.8. The minimum atomic E-state index is -0.392. The van der Waals surface area contributed by atoms with Gasteiger partial charge in [0, 0.05) is 0 Å². The lowest BCUT2D eigenvalue weighted by Crippen LogP contribution is -2.13. The highest BCUT2D eigenvalue weighted by atomic mass is 16.3. The predicted molar refractivity (Wildman–Crippen MR) is 84.4 cm³/mol. The lowest BCUT2D eigenvalue weighted by molar-refractivity contribution is 0.102. The van der Waals surface area contributed by atoms with E-state index in [0.717, 1.165) is 10.8 Å². The van der Waals surface area contributed by atoms with Crippen molar-refractivity contribution in [3.63, 3.8) is 0 Å². The molecule has 4 nitrogen and oxygen atoms in total. The van der Waals surface area contributed by atoms with Gasteiger partial charge in [0.1, 0.15) is 5.75 Å². The zero-order valence-electron chi connectivity index (χ0n) is 11.2. The van der Waals surface area contributed by atoms with Gasteiger partial charge >= 0.3 is 0 Å². The lowest BCUT2D eigenvalue weighted by Gasteiger charge is -2.10. The summed E-state index contributed by atoms with van der Waals surface area (Å²) in [5.41, 5.74) is 7.02. The Morgan fingerprint density at radius 2 is 1.57 bits per heavy atom. The van der Waals surface area contributed by atoms with Crippen molar-refractivity contribution >= 4 is 28.1 Å². The Morgan fingerprint density at radius 1 is 0.952 bits per heavy atom. The van der Waals surface area contributed by atoms with Gasteiger partial charge < -0.3 is 16.2 Å². The van der Waals surface area contributed by atoms with E-state index in [-0.39, 0.29) is 11.3 Å². The molecule has 0 heterocycles. The van der Waals surface area contributed by atoms with Crippen molar-refractivity contribution in [1.82, 2.24) is 0 Å². The summed E-state index contributed by atoms with van der Waals surface area (Å²) >= 11 is 0. The van der Waals surface area contributed by atoms with Gasteiger partial charge in [-0.25, -0.2) is 0 Å². The van der Waals surface area contributed by atoms with Gasteiger partial charge in [0.25, 0.3) is 5.91 Å². The third-order valence-electron chi connectivity index (χ3n) is 3.32. The van der Waals surface area contributed by atoms with Crippen LogP contribution in [0.4, 0.5) is 11.4 Å². The molecule has 1 amide bonds. The Bertz CT molecular complexity index is 828. The van der Waals surface area contributed by atoms with Crippen molar-refractivity contribution in [3.05, 3.63) is 66.2 Å². The Morgan fingerprint density at radius 3 is 2.29 bits per heavy atom. The van der Waals surface area contributed by atoms with Crippen LogP contribution in [0.2, 0.25) is 0 Å². The molecule has 0 spiro atoms. The van der Waals surface area contributed by atoms with Crippen LogP contribution < -0.4 is 11.1 Å². The molecule has 0 saturated heterocycles. The van der Waals surface area contributed by atoms with Crippen LogP contribution in [0, 0.1) is 0 Å². The normalized spacial score (nSPS) is 10.5. The van der Waals surface area contributed by atoms with Crippen molar-refractivity contribution in [2.75, 3.05) is 11.1 Å². The van der Waals surface area contributed by atoms with Gasteiger partial charge in [0.2, 0.25) is 0 Å². The Kier molecular flexibility index (Phi) is 3.20. The number of hydrogen-bond acceptors (Lipinski definition) is 3. The number of benzene rings is 3. The van der Waals surface area contributed by atoms with Crippen molar-refractivity contribution in [2.45, 2.75) is 0 Å². The largest absolute Gasteiger partial charge is 0.507 e. The van der Waals surface area contributed by atoms with Crippen molar-refractivity contribution in [1.29, 1.82) is 0 Å². The first-order valence-electron chi connectivity index (χ1n) is 6.53. The molecular weight excluding hydrogens is 264 g/mol. The number of para-hydroxylation sites is 2. The lowest BCUT2D eigenvalue weighted by atomic mass is 10.1. The summed E-state index contributed by atoms with van der Waals surface area (Å²) < 4.78 is 0. The second kappa shape index (κ2) is 5.17. The average Bonchev–Trinajstić information content (AvgIpc) is 2.49. The number of carbonyl (C=O) groups excluding carboxylic acids is 1. The fraction of sp³-hybridized carbons (Fsp3) is 0. The molecule has 0 aliphatic carbocycles. The van der Waals surface area contributed by atoms with E-state index in [1.807, 2.05) is 24.3 Å². The minimum absolute atomic E-state index is 0.0549. The highest BCUT2D eigenvalue weighted by molar-refractivity contribution is 6.09. The van der Waals surface area contributed by atoms with E-state index in [4.69, 9.17) is 5.73 Å². The third kappa shape index (κ3) is 2.51. The molecule has 0 fully saturated rings. The molecule has 0 radical (unpaired) electrons. The fourth-order valence-corrected chi connectivity index (χ4v) is 2.21. The summed E-state index contributed by atoms with van der Waals surface area (Å²) in [6.07, 6.45) is 0. The third-order valence-corrected chi connectivity index (χ3v) is 3.32. The molecule has 0 aromatic heterocycles. The SMILES string of the molecule is Nc1ccccc1NC(=O)c1cc2ccccc2cc1O. The molecule has 4 N–H and O–H groups in total. The number of amides is 1. The predicted octanol–water partition coefficient (Wildman–Crippen LogP) is 3.38. The van der Waals surface area contributed by atoms with E-state index in [1.165, 1.54) is 0 Å². The van der Waals surface area contributed by atoms with Crippen LogP contribution in [0.1, 0.15) is 10.4 Å². The first kappa shape index (κ1) is 13.0. The zero-order valence-corrected chi connectivity index (χ0v) is 11.2. The number of phenols is 1. The van der Waals surface area contributed by atoms with Gasteiger partial charge in [-0.2, -0.15) is 0 Å². The molecule has 104 valence electrons. The van der Waals surface area contributed by atoms with E-state index in [1.54, 1.807) is 36.4 Å². The average molecular weight is 278 g/mol. The first-order valence-corrected chi connectivity index (χ1v) is 6.53. The number of hydrogen-bond donors (Lipinski definition) is 3. The van der Waals surface area contributed by atoms with Gasteiger partial charge in [0.05, 0.1) is 16.9 Å². The van der Waals surface area contributed by atoms with Crippen molar-refractivity contribution in [3.8, 4) is 5.75 Å². The molecule has 0 atom stereocenters. The number of aromatic hydroxyl groups is 1. The molecule has 21 heavy (non-hydrogen) atoms. The summed E-state index contributed by atoms with van der Waals surface area (Å²) in [5, 5.41) is 14.5. The van der Waals surface area contributed by atoms with Crippen LogP contribution in [-0.4, -0.2) is 11.0 Å². The molecule has 3 aromatic rings. The fourth-order valence-electron chi connectivity index (χ4n) is 2.21. The van der Waals surface area contributed by atoms with E-state index in [9.17, 15) is 9.90 Å². The topological polar surface area (TPSA) is 75.3 Å². The van der Waals surface area contributed by atoms with Gasteiger partial charge in [-0.3, -0.25) is 4.79 Å². The van der Waals surface area contributed by atoms with Crippen LogP contribution in [0.5, 0.6) is 5.75 Å². The number of rotatable bonds is 2. The van der Waals surface area contributed by atoms with E-state index >= 15 is 0 Å². The molecule has 0 aliphatic rings. The molecule has 4 heteroatoms. The monoisotopic (exact) mass is 278 g/mol. The maximum Gasteiger partial charge on any atom is 0.259 e. The second-order valence-corrected chi connectivity index (χ2v) is 4.76. The van der Waals surface area contributed by atoms with Gasteiger partial charge in [0.15, 0.2) is 0 Å². The van der Waals surface area contributed by atoms with Crippen LogP contribution in [0.3, 0.4) is 0 Å². The maximum atomic E-state index is 12.3. The minimum Gasteiger partial charge on any atom is -0.507 e. The summed E-state index contributed by atoms with van der Waals surface area (Å²) in [7, 11) is 0. The Balaban J connectivity index is 1.98.